The number of pyridine rings is 1. The van der Waals surface area contributed by atoms with Crippen molar-refractivity contribution in [2.24, 2.45) is 5.92 Å². The summed E-state index contributed by atoms with van der Waals surface area (Å²) in [5.74, 6) is 0.891. The number of hydrogen-bond donors (Lipinski definition) is 2. The first kappa shape index (κ1) is 22.1. The van der Waals surface area contributed by atoms with Crippen LogP contribution in [0, 0.1) is 12.8 Å². The number of benzene rings is 1. The number of carbonyl (C=O) groups excluding carboxylic acids is 1. The molecule has 6 nitrogen and oxygen atoms in total. The third kappa shape index (κ3) is 5.96. The molecule has 1 aliphatic carbocycles. The first-order chi connectivity index (χ1) is 15.6. The molecule has 0 radical (unpaired) electrons. The highest BCUT2D eigenvalue weighted by molar-refractivity contribution is 5.76. The lowest BCUT2D eigenvalue weighted by Crippen LogP contribution is -2.35. The van der Waals surface area contributed by atoms with Gasteiger partial charge >= 0.3 is 0 Å². The van der Waals surface area contributed by atoms with Gasteiger partial charge in [0.05, 0.1) is 23.1 Å². The molecule has 3 heterocycles. The number of aromatic amines is 1. The van der Waals surface area contributed by atoms with Crippen molar-refractivity contribution in [1.29, 1.82) is 0 Å². The van der Waals surface area contributed by atoms with Gasteiger partial charge in [-0.05, 0) is 61.9 Å². The summed E-state index contributed by atoms with van der Waals surface area (Å²) >= 11 is 0. The molecule has 4 aromatic rings. The zero-order valence-corrected chi connectivity index (χ0v) is 19.1. The van der Waals surface area contributed by atoms with Gasteiger partial charge in [-0.15, -0.1) is 0 Å². The number of nitrogens with zero attached hydrogens (tertiary/aromatic N) is 3. The van der Waals surface area contributed by atoms with Crippen LogP contribution >= 0.6 is 0 Å². The maximum Gasteiger partial charge on any atom is 0.220 e. The first-order valence-corrected chi connectivity index (χ1v) is 11.7. The van der Waals surface area contributed by atoms with Gasteiger partial charge in [-0.1, -0.05) is 38.3 Å². The Balaban J connectivity index is 0.000000225. The lowest BCUT2D eigenvalue weighted by Gasteiger charge is -2.18. The number of rotatable bonds is 4. The fourth-order valence-corrected chi connectivity index (χ4v) is 4.41. The highest BCUT2D eigenvalue weighted by Gasteiger charge is 2.18. The van der Waals surface area contributed by atoms with Crippen LogP contribution in [0.3, 0.4) is 0 Å². The van der Waals surface area contributed by atoms with E-state index < -0.39 is 0 Å². The molecule has 0 saturated heterocycles. The normalized spacial score (nSPS) is 18.7. The standard InChI is InChI=1S/C19H27N3O.C7H6N2/c1-14-5-3-4-6-16(11-14)21-19(23)8-7-17-13-22-10-9-15(2)12-18(22)20-17;1-2-4-7-6(3-1)8-5-9-7/h9-10,12-14,16H,3-8,11H2,1-2H3,(H,21,23);1-5H,(H,8,9). The summed E-state index contributed by atoms with van der Waals surface area (Å²) in [6.07, 6.45) is 13.1. The van der Waals surface area contributed by atoms with Gasteiger partial charge in [-0.3, -0.25) is 4.79 Å². The van der Waals surface area contributed by atoms with Crippen molar-refractivity contribution in [2.45, 2.75) is 64.8 Å². The molecule has 1 aromatic carbocycles. The summed E-state index contributed by atoms with van der Waals surface area (Å²) < 4.78 is 2.02. The number of aryl methyl sites for hydroxylation is 2. The minimum Gasteiger partial charge on any atom is -0.353 e. The summed E-state index contributed by atoms with van der Waals surface area (Å²) in [6.45, 7) is 4.36. The molecular formula is C26H33N5O. The third-order valence-electron chi connectivity index (χ3n) is 6.15. The monoisotopic (exact) mass is 431 g/mol. The number of carbonyl (C=O) groups is 1. The van der Waals surface area contributed by atoms with Gasteiger partial charge in [0.25, 0.3) is 0 Å². The number of fused-ring (bicyclic) bond motifs is 2. The van der Waals surface area contributed by atoms with Gasteiger partial charge < -0.3 is 14.7 Å². The Morgan fingerprint density at radius 1 is 1.22 bits per heavy atom. The Morgan fingerprint density at radius 3 is 2.94 bits per heavy atom. The van der Waals surface area contributed by atoms with Gasteiger partial charge in [0.15, 0.2) is 0 Å². The maximum atomic E-state index is 12.2. The van der Waals surface area contributed by atoms with Crippen LogP contribution in [0.2, 0.25) is 0 Å². The minimum atomic E-state index is 0.164. The second-order valence-corrected chi connectivity index (χ2v) is 9.01. The lowest BCUT2D eigenvalue weighted by atomic mass is 10.0. The molecule has 1 fully saturated rings. The smallest absolute Gasteiger partial charge is 0.220 e. The van der Waals surface area contributed by atoms with Crippen LogP contribution < -0.4 is 5.32 Å². The Bertz CT molecular complexity index is 1130. The molecule has 6 heteroatoms. The SMILES string of the molecule is Cc1ccn2cc(CCC(=O)NC3CCCCC(C)C3)nc2c1.c1ccc2[nH]cnc2c1. The van der Waals surface area contributed by atoms with Crippen LogP contribution in [0.25, 0.3) is 16.7 Å². The van der Waals surface area contributed by atoms with Crippen molar-refractivity contribution in [1.82, 2.24) is 24.7 Å². The van der Waals surface area contributed by atoms with Crippen LogP contribution in [-0.4, -0.2) is 31.3 Å². The molecule has 0 spiro atoms. The first-order valence-electron chi connectivity index (χ1n) is 11.7. The second kappa shape index (κ2) is 10.4. The number of H-pyrrole nitrogens is 1. The molecule has 32 heavy (non-hydrogen) atoms. The van der Waals surface area contributed by atoms with Crippen LogP contribution in [0.15, 0.2) is 55.1 Å². The fourth-order valence-electron chi connectivity index (χ4n) is 4.41. The number of nitrogens with one attached hydrogen (secondary N) is 2. The number of amides is 1. The Labute approximate surface area is 189 Å². The van der Waals surface area contributed by atoms with Crippen molar-refractivity contribution < 1.29 is 4.79 Å². The van der Waals surface area contributed by atoms with E-state index in [2.05, 4.69) is 46.2 Å². The average molecular weight is 432 g/mol. The zero-order valence-electron chi connectivity index (χ0n) is 19.1. The molecule has 3 aromatic heterocycles. The lowest BCUT2D eigenvalue weighted by molar-refractivity contribution is -0.121. The van der Waals surface area contributed by atoms with E-state index in [0.717, 1.165) is 41.1 Å². The van der Waals surface area contributed by atoms with Crippen LogP contribution in [-0.2, 0) is 11.2 Å². The van der Waals surface area contributed by atoms with Gasteiger partial charge in [0.2, 0.25) is 5.91 Å². The Hall–Kier alpha value is -3.15. The van der Waals surface area contributed by atoms with E-state index in [1.165, 1.54) is 24.8 Å². The number of hydrogen-bond acceptors (Lipinski definition) is 3. The van der Waals surface area contributed by atoms with E-state index in [9.17, 15) is 4.79 Å². The van der Waals surface area contributed by atoms with Crippen molar-refractivity contribution in [3.05, 3.63) is 66.4 Å². The fraction of sp³-hybridized carbons (Fsp3) is 0.423. The van der Waals surface area contributed by atoms with E-state index in [1.807, 2.05) is 41.1 Å². The summed E-state index contributed by atoms with van der Waals surface area (Å²) in [5, 5.41) is 3.23. The quantitative estimate of drug-likeness (QED) is 0.435. The van der Waals surface area contributed by atoms with E-state index in [-0.39, 0.29) is 5.91 Å². The molecule has 1 saturated carbocycles. The summed E-state index contributed by atoms with van der Waals surface area (Å²) in [6, 6.07) is 12.4. The average Bonchev–Trinajstić information content (AvgIpc) is 3.36. The molecular weight excluding hydrogens is 398 g/mol. The highest BCUT2D eigenvalue weighted by atomic mass is 16.1. The summed E-state index contributed by atoms with van der Waals surface area (Å²) in [7, 11) is 0. The molecule has 1 amide bonds. The van der Waals surface area contributed by atoms with Gasteiger partial charge in [0.1, 0.15) is 5.65 Å². The van der Waals surface area contributed by atoms with E-state index in [1.54, 1.807) is 6.33 Å². The van der Waals surface area contributed by atoms with Crippen LogP contribution in [0.4, 0.5) is 0 Å². The van der Waals surface area contributed by atoms with Crippen molar-refractivity contribution in [3.8, 4) is 0 Å². The van der Waals surface area contributed by atoms with Gasteiger partial charge in [0, 0.05) is 24.9 Å². The molecule has 5 rings (SSSR count). The third-order valence-corrected chi connectivity index (χ3v) is 6.15. The summed E-state index contributed by atoms with van der Waals surface area (Å²) in [4.78, 5) is 23.9. The van der Waals surface area contributed by atoms with Crippen molar-refractivity contribution >= 4 is 22.6 Å². The minimum absolute atomic E-state index is 0.164. The molecule has 168 valence electrons. The largest absolute Gasteiger partial charge is 0.353 e. The van der Waals surface area contributed by atoms with E-state index in [0.29, 0.717) is 18.9 Å². The van der Waals surface area contributed by atoms with Crippen molar-refractivity contribution in [2.75, 3.05) is 0 Å². The Morgan fingerprint density at radius 2 is 2.06 bits per heavy atom. The second-order valence-electron chi connectivity index (χ2n) is 9.01. The predicted octanol–water partition coefficient (Wildman–Crippen LogP) is 5.22. The maximum absolute atomic E-state index is 12.2. The van der Waals surface area contributed by atoms with E-state index >= 15 is 0 Å². The topological polar surface area (TPSA) is 75.1 Å². The molecule has 0 aliphatic heterocycles. The van der Waals surface area contributed by atoms with Crippen LogP contribution in [0.5, 0.6) is 0 Å². The molecule has 2 atom stereocenters. The van der Waals surface area contributed by atoms with Gasteiger partial charge in [-0.25, -0.2) is 9.97 Å². The molecule has 2 unspecified atom stereocenters. The number of aromatic nitrogens is 4. The van der Waals surface area contributed by atoms with E-state index in [4.69, 9.17) is 0 Å². The molecule has 0 bridgehead atoms. The molecule has 1 aliphatic rings. The van der Waals surface area contributed by atoms with Crippen molar-refractivity contribution in [3.63, 3.8) is 0 Å². The number of para-hydroxylation sites is 2. The van der Waals surface area contributed by atoms with Crippen LogP contribution in [0.1, 0.15) is 56.7 Å². The summed E-state index contributed by atoms with van der Waals surface area (Å²) in [5.41, 5.74) is 5.27. The Kier molecular flexibility index (Phi) is 7.20. The predicted molar refractivity (Wildman–Crippen MR) is 129 cm³/mol. The number of imidazole rings is 2. The molecule has 2 N–H and O–H groups in total. The zero-order chi connectivity index (χ0) is 22.3. The highest BCUT2D eigenvalue weighted by Crippen LogP contribution is 2.22. The van der Waals surface area contributed by atoms with Gasteiger partial charge in [-0.2, -0.15) is 0 Å².